The van der Waals surface area contributed by atoms with Crippen LogP contribution in [0.25, 0.3) is 0 Å². The molecular formula is C14H22N2O2. The van der Waals surface area contributed by atoms with Crippen molar-refractivity contribution >= 4 is 5.69 Å². The van der Waals surface area contributed by atoms with Crippen LogP contribution in [0.1, 0.15) is 6.92 Å². The van der Waals surface area contributed by atoms with E-state index >= 15 is 0 Å². The fourth-order valence-electron chi connectivity index (χ4n) is 2.37. The van der Waals surface area contributed by atoms with Gasteiger partial charge in [0.2, 0.25) is 0 Å². The number of piperazine rings is 1. The van der Waals surface area contributed by atoms with Crippen LogP contribution in [-0.2, 0) is 0 Å². The Hall–Kier alpha value is -1.26. The Kier molecular flexibility index (Phi) is 4.44. The number of methoxy groups -OCH3 is 1. The number of aliphatic hydroxyl groups excluding tert-OH is 1. The highest BCUT2D eigenvalue weighted by molar-refractivity contribution is 5.51. The average molecular weight is 250 g/mol. The van der Waals surface area contributed by atoms with Crippen LogP contribution in [0.2, 0.25) is 0 Å². The number of β-amino-alcohol motifs (C(OH)–C–C–N with tert-alkyl or cyclic N) is 1. The van der Waals surface area contributed by atoms with Gasteiger partial charge in [0.25, 0.3) is 0 Å². The SMILES string of the molecule is COc1cccc(N2CCN(C[C@@H](C)O)CC2)c1. The van der Waals surface area contributed by atoms with E-state index in [0.717, 1.165) is 38.5 Å². The first-order valence-electron chi connectivity index (χ1n) is 6.48. The largest absolute Gasteiger partial charge is 0.497 e. The Bertz CT molecular complexity index is 374. The van der Waals surface area contributed by atoms with Gasteiger partial charge in [-0.15, -0.1) is 0 Å². The van der Waals surface area contributed by atoms with Crippen LogP contribution in [0.4, 0.5) is 5.69 Å². The minimum Gasteiger partial charge on any atom is -0.497 e. The van der Waals surface area contributed by atoms with Crippen molar-refractivity contribution in [3.8, 4) is 5.75 Å². The summed E-state index contributed by atoms with van der Waals surface area (Å²) in [5.74, 6) is 0.902. The zero-order valence-corrected chi connectivity index (χ0v) is 11.2. The first-order chi connectivity index (χ1) is 8.69. The van der Waals surface area contributed by atoms with Gasteiger partial charge in [0.15, 0.2) is 0 Å². The van der Waals surface area contributed by atoms with Crippen molar-refractivity contribution < 1.29 is 9.84 Å². The molecule has 0 spiro atoms. The molecule has 0 aromatic heterocycles. The highest BCUT2D eigenvalue weighted by atomic mass is 16.5. The molecule has 1 aliphatic rings. The standard InChI is InChI=1S/C14H22N2O2/c1-12(17)11-15-6-8-16(9-7-15)13-4-3-5-14(10-13)18-2/h3-5,10,12,17H,6-9,11H2,1-2H3/t12-/m1/s1. The number of nitrogens with zero attached hydrogens (tertiary/aromatic N) is 2. The maximum Gasteiger partial charge on any atom is 0.120 e. The van der Waals surface area contributed by atoms with Gasteiger partial charge in [-0.2, -0.15) is 0 Å². The molecule has 0 unspecified atom stereocenters. The summed E-state index contributed by atoms with van der Waals surface area (Å²) >= 11 is 0. The molecule has 4 heteroatoms. The van der Waals surface area contributed by atoms with Crippen molar-refractivity contribution in [2.45, 2.75) is 13.0 Å². The first kappa shape index (κ1) is 13.2. The van der Waals surface area contributed by atoms with Crippen molar-refractivity contribution in [1.29, 1.82) is 0 Å². The summed E-state index contributed by atoms with van der Waals surface area (Å²) in [7, 11) is 1.69. The number of anilines is 1. The number of hydrogen-bond donors (Lipinski definition) is 1. The zero-order chi connectivity index (χ0) is 13.0. The highest BCUT2D eigenvalue weighted by Gasteiger charge is 2.18. The normalized spacial score (nSPS) is 18.7. The molecule has 1 aromatic rings. The molecule has 1 saturated heterocycles. The van der Waals surface area contributed by atoms with E-state index in [2.05, 4.69) is 21.9 Å². The molecule has 0 saturated carbocycles. The van der Waals surface area contributed by atoms with Crippen LogP contribution in [0.3, 0.4) is 0 Å². The maximum atomic E-state index is 9.38. The van der Waals surface area contributed by atoms with Gasteiger partial charge >= 0.3 is 0 Å². The molecule has 4 nitrogen and oxygen atoms in total. The molecule has 0 amide bonds. The second-order valence-electron chi connectivity index (χ2n) is 4.84. The van der Waals surface area contributed by atoms with Gasteiger partial charge in [0.1, 0.15) is 5.75 Å². The Morgan fingerprint density at radius 2 is 2.00 bits per heavy atom. The third-order valence-electron chi connectivity index (χ3n) is 3.31. The molecule has 1 aromatic carbocycles. The molecule has 1 N–H and O–H groups in total. The number of hydrogen-bond acceptors (Lipinski definition) is 4. The predicted octanol–water partition coefficient (Wildman–Crippen LogP) is 1.20. The van der Waals surface area contributed by atoms with Crippen molar-refractivity contribution in [3.63, 3.8) is 0 Å². The Labute approximate surface area is 109 Å². The van der Waals surface area contributed by atoms with Gasteiger partial charge in [-0.3, -0.25) is 4.90 Å². The van der Waals surface area contributed by atoms with Crippen LogP contribution in [0.15, 0.2) is 24.3 Å². The van der Waals surface area contributed by atoms with E-state index < -0.39 is 0 Å². The van der Waals surface area contributed by atoms with E-state index in [9.17, 15) is 5.11 Å². The topological polar surface area (TPSA) is 35.9 Å². The summed E-state index contributed by atoms with van der Waals surface area (Å²) in [6, 6.07) is 8.18. The lowest BCUT2D eigenvalue weighted by Gasteiger charge is -2.36. The van der Waals surface area contributed by atoms with Gasteiger partial charge < -0.3 is 14.7 Å². The molecule has 1 atom stereocenters. The summed E-state index contributed by atoms with van der Waals surface area (Å²) < 4.78 is 5.25. The van der Waals surface area contributed by atoms with Crippen molar-refractivity contribution in [3.05, 3.63) is 24.3 Å². The zero-order valence-electron chi connectivity index (χ0n) is 11.2. The van der Waals surface area contributed by atoms with E-state index in [1.807, 2.05) is 19.1 Å². The van der Waals surface area contributed by atoms with Crippen LogP contribution in [-0.4, -0.2) is 55.9 Å². The summed E-state index contributed by atoms with van der Waals surface area (Å²) in [6.07, 6.45) is -0.242. The van der Waals surface area contributed by atoms with E-state index in [1.54, 1.807) is 7.11 Å². The number of aliphatic hydroxyl groups is 1. The molecule has 0 bridgehead atoms. The Morgan fingerprint density at radius 3 is 2.61 bits per heavy atom. The summed E-state index contributed by atoms with van der Waals surface area (Å²) in [5, 5.41) is 9.38. The average Bonchev–Trinajstić information content (AvgIpc) is 2.39. The number of rotatable bonds is 4. The monoisotopic (exact) mass is 250 g/mol. The lowest BCUT2D eigenvalue weighted by atomic mass is 10.2. The van der Waals surface area contributed by atoms with Crippen LogP contribution >= 0.6 is 0 Å². The smallest absolute Gasteiger partial charge is 0.120 e. The van der Waals surface area contributed by atoms with Crippen molar-refractivity contribution in [2.24, 2.45) is 0 Å². The highest BCUT2D eigenvalue weighted by Crippen LogP contribution is 2.22. The number of ether oxygens (including phenoxy) is 1. The van der Waals surface area contributed by atoms with E-state index in [1.165, 1.54) is 5.69 Å². The molecule has 1 aliphatic heterocycles. The lowest BCUT2D eigenvalue weighted by Crippen LogP contribution is -2.48. The third-order valence-corrected chi connectivity index (χ3v) is 3.31. The molecule has 1 fully saturated rings. The fourth-order valence-corrected chi connectivity index (χ4v) is 2.37. The lowest BCUT2D eigenvalue weighted by molar-refractivity contribution is 0.122. The molecule has 100 valence electrons. The van der Waals surface area contributed by atoms with Crippen LogP contribution in [0, 0.1) is 0 Å². The first-order valence-corrected chi connectivity index (χ1v) is 6.48. The molecular weight excluding hydrogens is 228 g/mol. The molecule has 0 aliphatic carbocycles. The fraction of sp³-hybridized carbons (Fsp3) is 0.571. The number of benzene rings is 1. The van der Waals surface area contributed by atoms with E-state index in [0.29, 0.717) is 0 Å². The van der Waals surface area contributed by atoms with Crippen molar-refractivity contribution in [2.75, 3.05) is 44.7 Å². The summed E-state index contributed by atoms with van der Waals surface area (Å²) in [6.45, 7) is 6.62. The summed E-state index contributed by atoms with van der Waals surface area (Å²) in [5.41, 5.74) is 1.21. The Morgan fingerprint density at radius 1 is 1.28 bits per heavy atom. The van der Waals surface area contributed by atoms with Gasteiger partial charge in [0.05, 0.1) is 13.2 Å². The maximum absolute atomic E-state index is 9.38. The van der Waals surface area contributed by atoms with Gasteiger partial charge in [-0.05, 0) is 19.1 Å². The second-order valence-corrected chi connectivity index (χ2v) is 4.84. The van der Waals surface area contributed by atoms with E-state index in [-0.39, 0.29) is 6.10 Å². The van der Waals surface area contributed by atoms with Gasteiger partial charge in [-0.25, -0.2) is 0 Å². The molecule has 0 radical (unpaired) electrons. The minimum absolute atomic E-state index is 0.242. The van der Waals surface area contributed by atoms with Gasteiger partial charge in [-0.1, -0.05) is 6.07 Å². The molecule has 18 heavy (non-hydrogen) atoms. The van der Waals surface area contributed by atoms with Crippen LogP contribution < -0.4 is 9.64 Å². The minimum atomic E-state index is -0.242. The molecule has 1 heterocycles. The van der Waals surface area contributed by atoms with Crippen LogP contribution in [0.5, 0.6) is 5.75 Å². The second kappa shape index (κ2) is 6.07. The van der Waals surface area contributed by atoms with E-state index in [4.69, 9.17) is 4.74 Å². The predicted molar refractivity (Wildman–Crippen MR) is 73.3 cm³/mol. The summed E-state index contributed by atoms with van der Waals surface area (Å²) in [4.78, 5) is 4.67. The third kappa shape index (κ3) is 3.37. The van der Waals surface area contributed by atoms with Gasteiger partial charge in [0, 0.05) is 44.5 Å². The Balaban J connectivity index is 1.92. The quantitative estimate of drug-likeness (QED) is 0.871. The molecule has 2 rings (SSSR count). The van der Waals surface area contributed by atoms with Crippen molar-refractivity contribution in [1.82, 2.24) is 4.90 Å².